The number of rotatable bonds is 4. The monoisotopic (exact) mass is 360 g/mol. The molecule has 0 fully saturated rings. The van der Waals surface area contributed by atoms with E-state index in [1.165, 1.54) is 22.3 Å². The molecule has 0 bridgehead atoms. The third kappa shape index (κ3) is 5.58. The van der Waals surface area contributed by atoms with Gasteiger partial charge in [0.1, 0.15) is 6.61 Å². The van der Waals surface area contributed by atoms with Gasteiger partial charge in [-0.1, -0.05) is 42.5 Å². The Labute approximate surface area is 154 Å². The van der Waals surface area contributed by atoms with Crippen LogP contribution in [0.3, 0.4) is 0 Å². The second kappa shape index (κ2) is 9.02. The molecule has 1 aliphatic rings. The van der Waals surface area contributed by atoms with E-state index < -0.39 is 5.43 Å². The molecule has 0 saturated heterocycles. The standard InChI is InChI=1S/C15H11ClO2.C6H14O/c16-15(17)18-9-11-5-3-7-13-12-6-2-1-4-10(12)8-14(11)13;1-5(2)7-6(3)4/h1-7H,8-9H2;5-6H,1-4H3. The van der Waals surface area contributed by atoms with Crippen molar-refractivity contribution < 1.29 is 14.3 Å². The number of hydrogen-bond acceptors (Lipinski definition) is 3. The van der Waals surface area contributed by atoms with Gasteiger partial charge < -0.3 is 9.47 Å². The summed E-state index contributed by atoms with van der Waals surface area (Å²) >= 11 is 5.21. The lowest BCUT2D eigenvalue weighted by Gasteiger charge is -2.09. The van der Waals surface area contributed by atoms with Crippen molar-refractivity contribution >= 4 is 17.0 Å². The zero-order valence-electron chi connectivity index (χ0n) is 15.2. The molecular formula is C21H25ClO3. The van der Waals surface area contributed by atoms with Crippen LogP contribution in [0, 0.1) is 0 Å². The molecular weight excluding hydrogens is 336 g/mol. The van der Waals surface area contributed by atoms with Crippen LogP contribution in [-0.2, 0) is 22.5 Å². The maximum atomic E-state index is 10.7. The first-order chi connectivity index (χ1) is 11.9. The molecule has 3 nitrogen and oxygen atoms in total. The van der Waals surface area contributed by atoms with Gasteiger partial charge in [0.25, 0.3) is 0 Å². The van der Waals surface area contributed by atoms with Gasteiger partial charge in [0.05, 0.1) is 12.2 Å². The summed E-state index contributed by atoms with van der Waals surface area (Å²) in [5.41, 5.74) is 5.31. The van der Waals surface area contributed by atoms with Crippen LogP contribution in [0.2, 0.25) is 0 Å². The second-order valence-corrected chi connectivity index (χ2v) is 6.85. The van der Waals surface area contributed by atoms with Crippen molar-refractivity contribution in [2.24, 2.45) is 0 Å². The normalized spacial score (nSPS) is 11.6. The van der Waals surface area contributed by atoms with Gasteiger partial charge in [-0.05, 0) is 61.9 Å². The number of ether oxygens (including phenoxy) is 2. The first-order valence-corrected chi connectivity index (χ1v) is 8.93. The molecule has 2 aromatic carbocycles. The molecule has 0 spiro atoms. The van der Waals surface area contributed by atoms with Crippen LogP contribution in [0.1, 0.15) is 44.4 Å². The van der Waals surface area contributed by atoms with Crippen molar-refractivity contribution in [3.05, 3.63) is 59.2 Å². The number of benzene rings is 2. The molecule has 0 atom stereocenters. The summed E-state index contributed by atoms with van der Waals surface area (Å²) in [5.74, 6) is 0. The molecule has 0 aliphatic heterocycles. The smallest absolute Gasteiger partial charge is 0.404 e. The first-order valence-electron chi connectivity index (χ1n) is 8.55. The van der Waals surface area contributed by atoms with Crippen LogP contribution in [0.25, 0.3) is 11.1 Å². The van der Waals surface area contributed by atoms with Crippen LogP contribution in [0.5, 0.6) is 0 Å². The van der Waals surface area contributed by atoms with E-state index in [0.29, 0.717) is 12.2 Å². The molecule has 0 radical (unpaired) electrons. The quantitative estimate of drug-likeness (QED) is 0.539. The Hall–Kier alpha value is -1.84. The van der Waals surface area contributed by atoms with E-state index in [2.05, 4.69) is 18.2 Å². The molecule has 25 heavy (non-hydrogen) atoms. The second-order valence-electron chi connectivity index (χ2n) is 6.54. The Morgan fingerprint density at radius 1 is 1.00 bits per heavy atom. The fourth-order valence-electron chi connectivity index (χ4n) is 3.04. The number of hydrogen-bond donors (Lipinski definition) is 0. The SMILES string of the molecule is CC(C)OC(C)C.O=C(Cl)OCc1cccc2c1Cc1ccccc1-2. The van der Waals surface area contributed by atoms with E-state index in [-0.39, 0.29) is 6.61 Å². The van der Waals surface area contributed by atoms with Gasteiger partial charge >= 0.3 is 5.43 Å². The Morgan fingerprint density at radius 3 is 2.24 bits per heavy atom. The van der Waals surface area contributed by atoms with E-state index in [4.69, 9.17) is 21.1 Å². The first kappa shape index (κ1) is 19.5. The molecule has 0 N–H and O–H groups in total. The summed E-state index contributed by atoms with van der Waals surface area (Å²) in [6, 6.07) is 14.4. The minimum atomic E-state index is -0.761. The molecule has 2 aromatic rings. The predicted octanol–water partition coefficient (Wildman–Crippen LogP) is 5.95. The lowest BCUT2D eigenvalue weighted by molar-refractivity contribution is 0.0300. The molecule has 3 rings (SSSR count). The third-order valence-corrected chi connectivity index (χ3v) is 3.94. The molecule has 0 heterocycles. The Morgan fingerprint density at radius 2 is 1.64 bits per heavy atom. The van der Waals surface area contributed by atoms with Gasteiger partial charge in [-0.2, -0.15) is 0 Å². The molecule has 4 heteroatoms. The lowest BCUT2D eigenvalue weighted by atomic mass is 10.0. The Bertz CT molecular complexity index is 717. The van der Waals surface area contributed by atoms with E-state index in [9.17, 15) is 4.79 Å². The molecule has 0 unspecified atom stereocenters. The molecule has 0 aromatic heterocycles. The van der Waals surface area contributed by atoms with Crippen LogP contribution in [-0.4, -0.2) is 17.6 Å². The van der Waals surface area contributed by atoms with E-state index >= 15 is 0 Å². The molecule has 1 aliphatic carbocycles. The number of carbonyl (C=O) groups excluding carboxylic acids is 1. The third-order valence-electron chi connectivity index (χ3n) is 3.83. The highest BCUT2D eigenvalue weighted by molar-refractivity contribution is 6.61. The van der Waals surface area contributed by atoms with Crippen LogP contribution < -0.4 is 0 Å². The highest BCUT2D eigenvalue weighted by Gasteiger charge is 2.20. The van der Waals surface area contributed by atoms with Gasteiger partial charge in [-0.25, -0.2) is 4.79 Å². The van der Waals surface area contributed by atoms with Crippen molar-refractivity contribution in [1.29, 1.82) is 0 Å². The molecule has 134 valence electrons. The van der Waals surface area contributed by atoms with Crippen LogP contribution in [0.4, 0.5) is 4.79 Å². The van der Waals surface area contributed by atoms with E-state index in [0.717, 1.165) is 12.0 Å². The highest BCUT2D eigenvalue weighted by Crippen LogP contribution is 2.38. The fraction of sp³-hybridized carbons (Fsp3) is 0.381. The van der Waals surface area contributed by atoms with Crippen molar-refractivity contribution in [3.63, 3.8) is 0 Å². The van der Waals surface area contributed by atoms with E-state index in [1.807, 2.05) is 52.0 Å². The average molecular weight is 361 g/mol. The fourth-order valence-corrected chi connectivity index (χ4v) is 3.09. The van der Waals surface area contributed by atoms with Gasteiger partial charge in [-0.15, -0.1) is 0 Å². The Balaban J connectivity index is 0.000000277. The summed E-state index contributed by atoms with van der Waals surface area (Å²) in [4.78, 5) is 10.7. The van der Waals surface area contributed by atoms with Crippen molar-refractivity contribution in [2.75, 3.05) is 0 Å². The van der Waals surface area contributed by atoms with Gasteiger partial charge in [-0.3, -0.25) is 0 Å². The van der Waals surface area contributed by atoms with Gasteiger partial charge in [0.15, 0.2) is 0 Å². The minimum Gasteiger partial charge on any atom is -0.449 e. The maximum Gasteiger partial charge on any atom is 0.404 e. The van der Waals surface area contributed by atoms with Crippen molar-refractivity contribution in [3.8, 4) is 11.1 Å². The van der Waals surface area contributed by atoms with Gasteiger partial charge in [0.2, 0.25) is 0 Å². The summed E-state index contributed by atoms with van der Waals surface area (Å²) in [7, 11) is 0. The summed E-state index contributed by atoms with van der Waals surface area (Å²) < 4.78 is 10.1. The van der Waals surface area contributed by atoms with Gasteiger partial charge in [0, 0.05) is 11.6 Å². The average Bonchev–Trinajstić information content (AvgIpc) is 2.91. The van der Waals surface area contributed by atoms with E-state index in [1.54, 1.807) is 0 Å². The zero-order valence-corrected chi connectivity index (χ0v) is 16.0. The lowest BCUT2D eigenvalue weighted by Crippen LogP contribution is -2.09. The largest absolute Gasteiger partial charge is 0.449 e. The highest BCUT2D eigenvalue weighted by atomic mass is 35.5. The number of carbonyl (C=O) groups is 1. The maximum absolute atomic E-state index is 10.7. The summed E-state index contributed by atoms with van der Waals surface area (Å²) in [6.45, 7) is 8.40. The Kier molecular flexibility index (Phi) is 7.03. The van der Waals surface area contributed by atoms with Crippen molar-refractivity contribution in [2.45, 2.75) is 52.9 Å². The number of fused-ring (bicyclic) bond motifs is 3. The van der Waals surface area contributed by atoms with Crippen LogP contribution >= 0.6 is 11.6 Å². The predicted molar refractivity (Wildman–Crippen MR) is 102 cm³/mol. The summed E-state index contributed by atoms with van der Waals surface area (Å²) in [5, 5.41) is 0. The zero-order chi connectivity index (χ0) is 18.4. The minimum absolute atomic E-state index is 0.236. The number of halogens is 1. The summed E-state index contributed by atoms with van der Waals surface area (Å²) in [6.07, 6.45) is 1.64. The van der Waals surface area contributed by atoms with Crippen molar-refractivity contribution in [1.82, 2.24) is 0 Å². The topological polar surface area (TPSA) is 35.5 Å². The molecule has 0 amide bonds. The van der Waals surface area contributed by atoms with Crippen LogP contribution in [0.15, 0.2) is 42.5 Å². The molecule has 0 saturated carbocycles.